The van der Waals surface area contributed by atoms with Gasteiger partial charge in [0, 0.05) is 12.5 Å². The summed E-state index contributed by atoms with van der Waals surface area (Å²) in [5, 5.41) is 0.799. The normalized spacial score (nSPS) is 30.6. The highest BCUT2D eigenvalue weighted by molar-refractivity contribution is 6.65. The van der Waals surface area contributed by atoms with E-state index in [9.17, 15) is 0 Å². The van der Waals surface area contributed by atoms with Gasteiger partial charge in [-0.15, -0.1) is 0 Å². The molecule has 0 aromatic rings. The molecule has 0 aromatic heterocycles. The van der Waals surface area contributed by atoms with Crippen LogP contribution in [0.5, 0.6) is 0 Å². The number of hydrogen-bond donors (Lipinski definition) is 0. The zero-order valence-electron chi connectivity index (χ0n) is 4.32. The highest BCUT2D eigenvalue weighted by Gasteiger charge is 2.08. The van der Waals surface area contributed by atoms with Crippen LogP contribution < -0.4 is 0 Å². The van der Waals surface area contributed by atoms with Gasteiger partial charge in [0.2, 0.25) is 0 Å². The number of nitrogens with zero attached hydrogens (tertiary/aromatic N) is 1. The molecule has 0 amide bonds. The Hall–Kier alpha value is -0.0400. The van der Waals surface area contributed by atoms with Gasteiger partial charge in [-0.1, -0.05) is 11.6 Å². The van der Waals surface area contributed by atoms with Crippen LogP contribution in [0.2, 0.25) is 0 Å². The summed E-state index contributed by atoms with van der Waals surface area (Å²) >= 11 is 5.56. The summed E-state index contributed by atoms with van der Waals surface area (Å²) in [6.07, 6.45) is 2.13. The van der Waals surface area contributed by atoms with Gasteiger partial charge in [-0.3, -0.25) is 4.99 Å². The van der Waals surface area contributed by atoms with Gasteiger partial charge < -0.3 is 0 Å². The fraction of sp³-hybridized carbons (Fsp3) is 0.800. The first-order valence-corrected chi connectivity index (χ1v) is 2.89. The third-order valence-electron chi connectivity index (χ3n) is 1.13. The lowest BCUT2D eigenvalue weighted by Crippen LogP contribution is -1.86. The molecule has 0 N–H and O–H groups in total. The molecule has 0 saturated heterocycles. The van der Waals surface area contributed by atoms with Crippen LogP contribution in [0.1, 0.15) is 19.8 Å². The van der Waals surface area contributed by atoms with E-state index in [1.165, 1.54) is 0 Å². The summed E-state index contributed by atoms with van der Waals surface area (Å²) in [4.78, 5) is 4.07. The molecular formula is C5H8ClN. The Morgan fingerprint density at radius 1 is 1.86 bits per heavy atom. The Morgan fingerprint density at radius 2 is 2.57 bits per heavy atom. The van der Waals surface area contributed by atoms with Gasteiger partial charge in [0.15, 0.2) is 0 Å². The Kier molecular flexibility index (Phi) is 1.33. The van der Waals surface area contributed by atoms with E-state index < -0.39 is 0 Å². The molecule has 1 atom stereocenters. The lowest BCUT2D eigenvalue weighted by Gasteiger charge is -1.88. The maximum atomic E-state index is 5.56. The summed E-state index contributed by atoms with van der Waals surface area (Å²) in [7, 11) is 0. The van der Waals surface area contributed by atoms with Crippen molar-refractivity contribution in [1.29, 1.82) is 0 Å². The molecule has 2 heteroatoms. The summed E-state index contributed by atoms with van der Waals surface area (Å²) < 4.78 is 0. The van der Waals surface area contributed by atoms with Crippen LogP contribution in [-0.2, 0) is 0 Å². The van der Waals surface area contributed by atoms with Crippen molar-refractivity contribution in [3.05, 3.63) is 0 Å². The van der Waals surface area contributed by atoms with E-state index in [0.29, 0.717) is 6.04 Å². The molecule has 0 aliphatic carbocycles. The predicted octanol–water partition coefficient (Wildman–Crippen LogP) is 1.81. The van der Waals surface area contributed by atoms with E-state index in [-0.39, 0.29) is 0 Å². The number of halogens is 1. The monoisotopic (exact) mass is 117 g/mol. The first-order chi connectivity index (χ1) is 3.29. The van der Waals surface area contributed by atoms with Gasteiger partial charge in [0.05, 0.1) is 0 Å². The van der Waals surface area contributed by atoms with E-state index >= 15 is 0 Å². The minimum Gasteiger partial charge on any atom is -0.275 e. The summed E-state index contributed by atoms with van der Waals surface area (Å²) in [5.41, 5.74) is 0. The van der Waals surface area contributed by atoms with E-state index in [1.807, 2.05) is 0 Å². The van der Waals surface area contributed by atoms with Crippen molar-refractivity contribution in [3.8, 4) is 0 Å². The number of rotatable bonds is 0. The molecule has 1 heterocycles. The molecule has 0 bridgehead atoms. The van der Waals surface area contributed by atoms with Crippen LogP contribution in [0.4, 0.5) is 0 Å². The largest absolute Gasteiger partial charge is 0.275 e. The average Bonchev–Trinajstić information content (AvgIpc) is 1.87. The molecule has 0 radical (unpaired) electrons. The topological polar surface area (TPSA) is 12.4 Å². The molecule has 40 valence electrons. The fourth-order valence-corrected chi connectivity index (χ4v) is 0.972. The molecule has 1 unspecified atom stereocenters. The van der Waals surface area contributed by atoms with E-state index in [0.717, 1.165) is 18.0 Å². The highest BCUT2D eigenvalue weighted by atomic mass is 35.5. The summed E-state index contributed by atoms with van der Waals surface area (Å²) in [6.45, 7) is 2.08. The fourth-order valence-electron chi connectivity index (χ4n) is 0.696. The second-order valence-corrected chi connectivity index (χ2v) is 2.33. The molecular weight excluding hydrogens is 110 g/mol. The maximum absolute atomic E-state index is 5.56. The predicted molar refractivity (Wildman–Crippen MR) is 32.0 cm³/mol. The van der Waals surface area contributed by atoms with Crippen LogP contribution in [0.25, 0.3) is 0 Å². The Bertz CT molecular complexity index is 98.3. The Balaban J connectivity index is 2.50. The number of aliphatic imine (C=N–C) groups is 1. The lowest BCUT2D eigenvalue weighted by molar-refractivity contribution is 0.739. The highest BCUT2D eigenvalue weighted by Crippen LogP contribution is 2.13. The zero-order valence-corrected chi connectivity index (χ0v) is 5.07. The minimum atomic E-state index is 0.479. The van der Waals surface area contributed by atoms with Crippen LogP contribution in [0, 0.1) is 0 Å². The molecule has 7 heavy (non-hydrogen) atoms. The lowest BCUT2D eigenvalue weighted by atomic mass is 10.2. The molecule has 0 fully saturated rings. The molecule has 1 aliphatic heterocycles. The molecule has 0 aromatic carbocycles. The van der Waals surface area contributed by atoms with Crippen molar-refractivity contribution in [1.82, 2.24) is 0 Å². The second-order valence-electron chi connectivity index (χ2n) is 1.89. The van der Waals surface area contributed by atoms with Crippen molar-refractivity contribution in [2.45, 2.75) is 25.8 Å². The van der Waals surface area contributed by atoms with Gasteiger partial charge in [0.25, 0.3) is 0 Å². The van der Waals surface area contributed by atoms with Gasteiger partial charge >= 0.3 is 0 Å². The van der Waals surface area contributed by atoms with E-state index in [2.05, 4.69) is 11.9 Å². The molecule has 1 aliphatic rings. The van der Waals surface area contributed by atoms with E-state index in [4.69, 9.17) is 11.6 Å². The molecule has 0 saturated carbocycles. The SMILES string of the molecule is CC1CCC(Cl)=N1. The Morgan fingerprint density at radius 3 is 2.71 bits per heavy atom. The Labute approximate surface area is 48.4 Å². The smallest absolute Gasteiger partial charge is 0.101 e. The average molecular weight is 118 g/mol. The van der Waals surface area contributed by atoms with Crippen LogP contribution in [0.3, 0.4) is 0 Å². The van der Waals surface area contributed by atoms with Crippen molar-refractivity contribution in [3.63, 3.8) is 0 Å². The van der Waals surface area contributed by atoms with Crippen molar-refractivity contribution in [2.24, 2.45) is 4.99 Å². The number of hydrogen-bond acceptors (Lipinski definition) is 1. The summed E-state index contributed by atoms with van der Waals surface area (Å²) in [6, 6.07) is 0.479. The first kappa shape index (κ1) is 5.10. The second kappa shape index (κ2) is 1.83. The van der Waals surface area contributed by atoms with Crippen LogP contribution >= 0.6 is 11.6 Å². The van der Waals surface area contributed by atoms with Gasteiger partial charge in [0.1, 0.15) is 5.17 Å². The van der Waals surface area contributed by atoms with Crippen molar-refractivity contribution >= 4 is 16.8 Å². The van der Waals surface area contributed by atoms with Crippen molar-refractivity contribution in [2.75, 3.05) is 0 Å². The third kappa shape index (κ3) is 1.16. The maximum Gasteiger partial charge on any atom is 0.101 e. The summed E-state index contributed by atoms with van der Waals surface area (Å²) in [5.74, 6) is 0. The standard InChI is InChI=1S/C5H8ClN/c1-4-2-3-5(6)7-4/h4H,2-3H2,1H3. The zero-order chi connectivity index (χ0) is 5.28. The van der Waals surface area contributed by atoms with Crippen LogP contribution in [0.15, 0.2) is 4.99 Å². The van der Waals surface area contributed by atoms with Crippen LogP contribution in [-0.4, -0.2) is 11.2 Å². The van der Waals surface area contributed by atoms with Gasteiger partial charge in [-0.25, -0.2) is 0 Å². The van der Waals surface area contributed by atoms with Gasteiger partial charge in [-0.2, -0.15) is 0 Å². The minimum absolute atomic E-state index is 0.479. The third-order valence-corrected chi connectivity index (χ3v) is 1.42. The molecule has 1 rings (SSSR count). The van der Waals surface area contributed by atoms with Gasteiger partial charge in [-0.05, 0) is 13.3 Å². The first-order valence-electron chi connectivity index (χ1n) is 2.51. The van der Waals surface area contributed by atoms with E-state index in [1.54, 1.807) is 0 Å². The molecule has 0 spiro atoms. The quantitative estimate of drug-likeness (QED) is 0.459. The molecule has 1 nitrogen and oxygen atoms in total. The van der Waals surface area contributed by atoms with Crippen molar-refractivity contribution < 1.29 is 0 Å².